The molecule has 1 unspecified atom stereocenters. The Morgan fingerprint density at radius 1 is 1.17 bits per heavy atom. The standard InChI is InChI=1S/C18H21NO3S/c1-21-14-8-6-7-13(11-14)16(22-2)12-19-18(20)15-9-4-5-10-17(15)23-3/h4-11,16H,12H2,1-3H3,(H,19,20). The average Bonchev–Trinajstić information content (AvgIpc) is 2.62. The van der Waals surface area contributed by atoms with Crippen LogP contribution in [0, 0.1) is 0 Å². The van der Waals surface area contributed by atoms with Crippen LogP contribution in [0.15, 0.2) is 53.4 Å². The quantitative estimate of drug-likeness (QED) is 0.789. The second-order valence-electron chi connectivity index (χ2n) is 4.91. The van der Waals surface area contributed by atoms with Crippen molar-refractivity contribution < 1.29 is 14.3 Å². The van der Waals surface area contributed by atoms with E-state index in [0.717, 1.165) is 16.2 Å². The molecule has 4 nitrogen and oxygen atoms in total. The van der Waals surface area contributed by atoms with E-state index in [9.17, 15) is 4.79 Å². The summed E-state index contributed by atoms with van der Waals surface area (Å²) in [5.41, 5.74) is 1.64. The van der Waals surface area contributed by atoms with Crippen LogP contribution in [0.25, 0.3) is 0 Å². The summed E-state index contributed by atoms with van der Waals surface area (Å²) >= 11 is 1.56. The second kappa shape index (κ2) is 8.60. The first-order valence-electron chi connectivity index (χ1n) is 7.27. The number of amides is 1. The Balaban J connectivity index is 2.06. The predicted molar refractivity (Wildman–Crippen MR) is 93.3 cm³/mol. The number of hydrogen-bond acceptors (Lipinski definition) is 4. The van der Waals surface area contributed by atoms with Gasteiger partial charge in [-0.15, -0.1) is 11.8 Å². The van der Waals surface area contributed by atoms with Crippen LogP contribution in [0.3, 0.4) is 0 Å². The minimum Gasteiger partial charge on any atom is -0.497 e. The van der Waals surface area contributed by atoms with E-state index in [1.807, 2.05) is 54.8 Å². The zero-order valence-corrected chi connectivity index (χ0v) is 14.4. The molecule has 0 fully saturated rings. The highest BCUT2D eigenvalue weighted by molar-refractivity contribution is 7.98. The number of nitrogens with one attached hydrogen (secondary N) is 1. The van der Waals surface area contributed by atoms with Gasteiger partial charge in [0.2, 0.25) is 0 Å². The summed E-state index contributed by atoms with van der Waals surface area (Å²) in [5, 5.41) is 2.94. The van der Waals surface area contributed by atoms with Crippen molar-refractivity contribution >= 4 is 17.7 Å². The molecule has 0 saturated carbocycles. The molecule has 0 radical (unpaired) electrons. The Hall–Kier alpha value is -1.98. The van der Waals surface area contributed by atoms with Crippen molar-refractivity contribution in [1.82, 2.24) is 5.32 Å². The van der Waals surface area contributed by atoms with Crippen LogP contribution >= 0.6 is 11.8 Å². The zero-order valence-electron chi connectivity index (χ0n) is 13.5. The van der Waals surface area contributed by atoms with Crippen LogP contribution in [0.1, 0.15) is 22.0 Å². The molecule has 0 bridgehead atoms. The van der Waals surface area contributed by atoms with Crippen LogP contribution in [0.5, 0.6) is 5.75 Å². The minimum atomic E-state index is -0.226. The number of thioether (sulfide) groups is 1. The summed E-state index contributed by atoms with van der Waals surface area (Å²) in [7, 11) is 3.26. The highest BCUT2D eigenvalue weighted by Gasteiger charge is 2.15. The molecule has 5 heteroatoms. The largest absolute Gasteiger partial charge is 0.497 e. The van der Waals surface area contributed by atoms with Gasteiger partial charge in [0, 0.05) is 18.6 Å². The number of carbonyl (C=O) groups excluding carboxylic acids is 1. The molecule has 23 heavy (non-hydrogen) atoms. The Bertz CT molecular complexity index is 660. The third kappa shape index (κ3) is 4.50. The molecule has 1 N–H and O–H groups in total. The summed E-state index contributed by atoms with van der Waals surface area (Å²) in [6.07, 6.45) is 1.73. The maximum atomic E-state index is 12.4. The average molecular weight is 331 g/mol. The molecule has 0 heterocycles. The fourth-order valence-corrected chi connectivity index (χ4v) is 2.89. The van der Waals surface area contributed by atoms with E-state index >= 15 is 0 Å². The summed E-state index contributed by atoms with van der Waals surface area (Å²) < 4.78 is 10.7. The van der Waals surface area contributed by atoms with Crippen molar-refractivity contribution in [3.8, 4) is 5.75 Å². The summed E-state index contributed by atoms with van der Waals surface area (Å²) in [6.45, 7) is 0.394. The third-order valence-electron chi connectivity index (χ3n) is 3.55. The van der Waals surface area contributed by atoms with E-state index in [0.29, 0.717) is 12.1 Å². The number of benzene rings is 2. The number of methoxy groups -OCH3 is 2. The van der Waals surface area contributed by atoms with Gasteiger partial charge in [0.25, 0.3) is 5.91 Å². The molecule has 0 saturated heterocycles. The molecule has 0 aliphatic rings. The molecule has 2 aromatic rings. The predicted octanol–water partition coefficient (Wildman–Crippen LogP) is 3.53. The van der Waals surface area contributed by atoms with Gasteiger partial charge >= 0.3 is 0 Å². The van der Waals surface area contributed by atoms with Gasteiger partial charge < -0.3 is 14.8 Å². The van der Waals surface area contributed by atoms with Crippen LogP contribution in [0.2, 0.25) is 0 Å². The molecule has 0 aliphatic heterocycles. The van der Waals surface area contributed by atoms with Crippen molar-refractivity contribution in [2.75, 3.05) is 27.0 Å². The van der Waals surface area contributed by atoms with Gasteiger partial charge in [0.15, 0.2) is 0 Å². The summed E-state index contributed by atoms with van der Waals surface area (Å²) in [5.74, 6) is 0.670. The molecule has 2 aromatic carbocycles. The van der Waals surface area contributed by atoms with Crippen molar-refractivity contribution in [2.45, 2.75) is 11.0 Å². The topological polar surface area (TPSA) is 47.6 Å². The lowest BCUT2D eigenvalue weighted by Gasteiger charge is -2.17. The Kier molecular flexibility index (Phi) is 6.50. The van der Waals surface area contributed by atoms with Crippen molar-refractivity contribution in [3.05, 3.63) is 59.7 Å². The van der Waals surface area contributed by atoms with Crippen LogP contribution in [-0.2, 0) is 4.74 Å². The number of rotatable bonds is 7. The monoisotopic (exact) mass is 331 g/mol. The van der Waals surface area contributed by atoms with E-state index in [-0.39, 0.29) is 12.0 Å². The van der Waals surface area contributed by atoms with E-state index in [1.165, 1.54) is 0 Å². The van der Waals surface area contributed by atoms with Gasteiger partial charge in [0.1, 0.15) is 5.75 Å². The highest BCUT2D eigenvalue weighted by Crippen LogP contribution is 2.22. The maximum absolute atomic E-state index is 12.4. The Labute approximate surface area is 141 Å². The fourth-order valence-electron chi connectivity index (χ4n) is 2.29. The lowest BCUT2D eigenvalue weighted by atomic mass is 10.1. The lowest BCUT2D eigenvalue weighted by Crippen LogP contribution is -2.29. The molecule has 0 spiro atoms. The second-order valence-corrected chi connectivity index (χ2v) is 5.76. The molecular formula is C18H21NO3S. The van der Waals surface area contributed by atoms with Crippen molar-refractivity contribution in [2.24, 2.45) is 0 Å². The van der Waals surface area contributed by atoms with Crippen LogP contribution < -0.4 is 10.1 Å². The first-order valence-corrected chi connectivity index (χ1v) is 8.50. The molecule has 2 rings (SSSR count). The number of ether oxygens (including phenoxy) is 2. The zero-order chi connectivity index (χ0) is 16.7. The maximum Gasteiger partial charge on any atom is 0.252 e. The van der Waals surface area contributed by atoms with Crippen LogP contribution in [0.4, 0.5) is 0 Å². The molecule has 0 aromatic heterocycles. The molecular weight excluding hydrogens is 310 g/mol. The normalized spacial score (nSPS) is 11.8. The first-order chi connectivity index (χ1) is 11.2. The molecule has 0 aliphatic carbocycles. The van der Waals surface area contributed by atoms with Gasteiger partial charge in [-0.25, -0.2) is 0 Å². The third-order valence-corrected chi connectivity index (χ3v) is 4.35. The summed E-state index contributed by atoms with van der Waals surface area (Å²) in [6, 6.07) is 15.2. The molecule has 1 amide bonds. The Morgan fingerprint density at radius 3 is 2.65 bits per heavy atom. The van der Waals surface area contributed by atoms with Gasteiger partial charge in [-0.05, 0) is 36.1 Å². The fraction of sp³-hybridized carbons (Fsp3) is 0.278. The number of hydrogen-bond donors (Lipinski definition) is 1. The highest BCUT2D eigenvalue weighted by atomic mass is 32.2. The van der Waals surface area contributed by atoms with E-state index in [1.54, 1.807) is 26.0 Å². The van der Waals surface area contributed by atoms with Crippen molar-refractivity contribution in [3.63, 3.8) is 0 Å². The van der Waals surface area contributed by atoms with E-state index in [2.05, 4.69) is 5.32 Å². The molecule has 1 atom stereocenters. The first kappa shape index (κ1) is 17.4. The minimum absolute atomic E-state index is 0.0973. The van der Waals surface area contributed by atoms with Gasteiger partial charge in [-0.2, -0.15) is 0 Å². The SMILES string of the molecule is COc1cccc(C(CNC(=O)c2ccccc2SC)OC)c1. The smallest absolute Gasteiger partial charge is 0.252 e. The lowest BCUT2D eigenvalue weighted by molar-refractivity contribution is 0.0825. The van der Waals surface area contributed by atoms with Crippen LogP contribution in [-0.4, -0.2) is 32.9 Å². The Morgan fingerprint density at radius 2 is 1.96 bits per heavy atom. The van der Waals surface area contributed by atoms with Crippen molar-refractivity contribution in [1.29, 1.82) is 0 Å². The van der Waals surface area contributed by atoms with Gasteiger partial charge in [0.05, 0.1) is 18.8 Å². The number of carbonyl (C=O) groups is 1. The van der Waals surface area contributed by atoms with E-state index < -0.39 is 0 Å². The summed E-state index contributed by atoms with van der Waals surface area (Å²) in [4.78, 5) is 13.4. The van der Waals surface area contributed by atoms with Gasteiger partial charge in [-0.1, -0.05) is 24.3 Å². The van der Waals surface area contributed by atoms with E-state index in [4.69, 9.17) is 9.47 Å². The molecule has 122 valence electrons. The van der Waals surface area contributed by atoms with Gasteiger partial charge in [-0.3, -0.25) is 4.79 Å².